The zero-order valence-electron chi connectivity index (χ0n) is 9.45. The van der Waals surface area contributed by atoms with Gasteiger partial charge in [-0.2, -0.15) is 0 Å². The van der Waals surface area contributed by atoms with E-state index < -0.39 is 11.9 Å². The van der Waals surface area contributed by atoms with Crippen molar-refractivity contribution in [2.45, 2.75) is 12.3 Å². The number of rotatable bonds is 4. The topological polar surface area (TPSA) is 63.1 Å². The van der Waals surface area contributed by atoms with E-state index >= 15 is 0 Å². The summed E-state index contributed by atoms with van der Waals surface area (Å²) >= 11 is 3.37. The Labute approximate surface area is 113 Å². The summed E-state index contributed by atoms with van der Waals surface area (Å²) < 4.78 is 0.785. The van der Waals surface area contributed by atoms with Gasteiger partial charge in [0.1, 0.15) is 5.82 Å². The molecule has 0 aliphatic rings. The molecule has 0 aliphatic carbocycles. The van der Waals surface area contributed by atoms with Crippen molar-refractivity contribution in [3.63, 3.8) is 0 Å². The first-order chi connectivity index (χ1) is 8.68. The van der Waals surface area contributed by atoms with Crippen molar-refractivity contribution in [3.8, 4) is 0 Å². The fraction of sp³-hybridized carbons (Fsp3) is 0.154. The third-order valence-electron chi connectivity index (χ3n) is 2.58. The van der Waals surface area contributed by atoms with E-state index in [2.05, 4.69) is 25.9 Å². The Hall–Kier alpha value is -1.75. The zero-order valence-corrected chi connectivity index (χ0v) is 11.0. The predicted octanol–water partition coefficient (Wildman–Crippen LogP) is 2.65. The third-order valence-corrected chi connectivity index (χ3v) is 3.31. The number of carbonyl (C=O) groups is 1. The highest BCUT2D eigenvalue weighted by molar-refractivity contribution is 9.10. The number of aromatic nitrogens is 2. The Bertz CT molecular complexity index is 546. The quantitative estimate of drug-likeness (QED) is 0.943. The van der Waals surface area contributed by atoms with E-state index in [0.717, 1.165) is 10.0 Å². The molecule has 1 atom stereocenters. The summed E-state index contributed by atoms with van der Waals surface area (Å²) in [7, 11) is 0. The van der Waals surface area contributed by atoms with Crippen LogP contribution in [0, 0.1) is 0 Å². The lowest BCUT2D eigenvalue weighted by Gasteiger charge is -2.13. The predicted molar refractivity (Wildman–Crippen MR) is 70.3 cm³/mol. The van der Waals surface area contributed by atoms with Crippen LogP contribution in [0.1, 0.15) is 17.3 Å². The van der Waals surface area contributed by atoms with Crippen molar-refractivity contribution >= 4 is 21.9 Å². The van der Waals surface area contributed by atoms with Crippen LogP contribution in [0.2, 0.25) is 0 Å². The molecule has 18 heavy (non-hydrogen) atoms. The number of halogens is 1. The highest BCUT2D eigenvalue weighted by atomic mass is 79.9. The molecule has 0 aliphatic heterocycles. The number of hydrogen-bond acceptors (Lipinski definition) is 3. The van der Waals surface area contributed by atoms with Crippen molar-refractivity contribution in [1.82, 2.24) is 9.97 Å². The maximum Gasteiger partial charge on any atom is 0.311 e. The van der Waals surface area contributed by atoms with Crippen LogP contribution in [-0.4, -0.2) is 21.0 Å². The van der Waals surface area contributed by atoms with Crippen LogP contribution in [0.15, 0.2) is 47.2 Å². The maximum atomic E-state index is 11.4. The van der Waals surface area contributed by atoms with Crippen molar-refractivity contribution < 1.29 is 9.90 Å². The van der Waals surface area contributed by atoms with Gasteiger partial charge in [-0.15, -0.1) is 0 Å². The average Bonchev–Trinajstić information content (AvgIpc) is 2.38. The molecule has 0 radical (unpaired) electrons. The molecule has 1 N–H and O–H groups in total. The minimum absolute atomic E-state index is 0.277. The van der Waals surface area contributed by atoms with Crippen molar-refractivity contribution in [2.24, 2.45) is 0 Å². The molecule has 0 saturated carbocycles. The minimum atomic E-state index is -0.880. The largest absolute Gasteiger partial charge is 0.481 e. The van der Waals surface area contributed by atoms with Crippen LogP contribution in [0.25, 0.3) is 0 Å². The van der Waals surface area contributed by atoms with Gasteiger partial charge in [-0.3, -0.25) is 4.79 Å². The van der Waals surface area contributed by atoms with Gasteiger partial charge < -0.3 is 5.11 Å². The Morgan fingerprint density at radius 3 is 2.50 bits per heavy atom. The van der Waals surface area contributed by atoms with Crippen LogP contribution in [-0.2, 0) is 11.2 Å². The number of hydrogen-bond donors (Lipinski definition) is 1. The molecular weight excluding hydrogens is 296 g/mol. The molecule has 0 amide bonds. The highest BCUT2D eigenvalue weighted by Crippen LogP contribution is 2.27. The first kappa shape index (κ1) is 12.7. The van der Waals surface area contributed by atoms with Gasteiger partial charge in [-0.1, -0.05) is 34.1 Å². The Morgan fingerprint density at radius 2 is 1.89 bits per heavy atom. The second-order valence-electron chi connectivity index (χ2n) is 3.78. The van der Waals surface area contributed by atoms with E-state index in [0.29, 0.717) is 5.82 Å². The Balaban J connectivity index is 2.30. The lowest BCUT2D eigenvalue weighted by Crippen LogP contribution is -2.16. The van der Waals surface area contributed by atoms with Gasteiger partial charge in [0.25, 0.3) is 0 Å². The fourth-order valence-corrected chi connectivity index (χ4v) is 2.27. The second kappa shape index (κ2) is 5.73. The minimum Gasteiger partial charge on any atom is -0.481 e. The summed E-state index contributed by atoms with van der Waals surface area (Å²) in [6, 6.07) is 9.01. The van der Waals surface area contributed by atoms with E-state index in [1.54, 1.807) is 24.5 Å². The van der Waals surface area contributed by atoms with Gasteiger partial charge >= 0.3 is 5.97 Å². The lowest BCUT2D eigenvalue weighted by molar-refractivity contribution is -0.138. The molecule has 2 rings (SSSR count). The summed E-state index contributed by atoms with van der Waals surface area (Å²) in [5.41, 5.74) is 0.734. The van der Waals surface area contributed by atoms with Gasteiger partial charge in [-0.25, -0.2) is 9.97 Å². The lowest BCUT2D eigenvalue weighted by atomic mass is 9.95. The van der Waals surface area contributed by atoms with Crippen LogP contribution in [0.3, 0.4) is 0 Å². The van der Waals surface area contributed by atoms with Gasteiger partial charge in [0.2, 0.25) is 0 Å². The molecule has 5 heteroatoms. The fourth-order valence-electron chi connectivity index (χ4n) is 1.71. The number of aliphatic carboxylic acids is 1. The van der Waals surface area contributed by atoms with Crippen molar-refractivity contribution in [3.05, 3.63) is 58.6 Å². The summed E-state index contributed by atoms with van der Waals surface area (Å²) in [5, 5.41) is 9.34. The Kier molecular flexibility index (Phi) is 4.04. The van der Waals surface area contributed by atoms with Crippen LogP contribution in [0.5, 0.6) is 0 Å². The standard InChI is InChI=1S/C13H11BrN2O2/c14-11-5-2-1-4-9(11)10(13(17)18)8-12-15-6-3-7-16-12/h1-7,10H,8H2,(H,17,18). The SMILES string of the molecule is O=C(O)C(Cc1ncccn1)c1ccccc1Br. The summed E-state index contributed by atoms with van der Waals surface area (Å²) in [5.74, 6) is -1.00. The van der Waals surface area contributed by atoms with Crippen molar-refractivity contribution in [2.75, 3.05) is 0 Å². The maximum absolute atomic E-state index is 11.4. The molecule has 1 aromatic heterocycles. The molecule has 0 fully saturated rings. The molecule has 92 valence electrons. The van der Waals surface area contributed by atoms with E-state index in [9.17, 15) is 9.90 Å². The molecule has 1 aromatic carbocycles. The smallest absolute Gasteiger partial charge is 0.311 e. The number of carboxylic acid groups (broad SMARTS) is 1. The summed E-state index contributed by atoms with van der Waals surface area (Å²) in [4.78, 5) is 19.5. The summed E-state index contributed by atoms with van der Waals surface area (Å²) in [6.45, 7) is 0. The molecule has 0 bridgehead atoms. The highest BCUT2D eigenvalue weighted by Gasteiger charge is 2.23. The summed E-state index contributed by atoms with van der Waals surface area (Å²) in [6.07, 6.45) is 3.50. The first-order valence-electron chi connectivity index (χ1n) is 5.41. The molecule has 2 aromatic rings. The van der Waals surface area contributed by atoms with E-state index in [1.165, 1.54) is 0 Å². The third kappa shape index (κ3) is 2.92. The van der Waals surface area contributed by atoms with Crippen LogP contribution < -0.4 is 0 Å². The monoisotopic (exact) mass is 306 g/mol. The Morgan fingerprint density at radius 1 is 1.22 bits per heavy atom. The van der Waals surface area contributed by atoms with E-state index in [4.69, 9.17) is 0 Å². The number of nitrogens with zero attached hydrogens (tertiary/aromatic N) is 2. The van der Waals surface area contributed by atoms with E-state index in [-0.39, 0.29) is 6.42 Å². The normalized spacial score (nSPS) is 12.1. The average molecular weight is 307 g/mol. The molecule has 1 heterocycles. The van der Waals surface area contributed by atoms with Crippen LogP contribution in [0.4, 0.5) is 0 Å². The molecule has 0 spiro atoms. The van der Waals surface area contributed by atoms with E-state index in [1.807, 2.05) is 18.2 Å². The number of carboxylic acids is 1. The molecule has 0 saturated heterocycles. The van der Waals surface area contributed by atoms with Gasteiger partial charge in [0, 0.05) is 23.3 Å². The van der Waals surface area contributed by atoms with Gasteiger partial charge in [-0.05, 0) is 17.7 Å². The second-order valence-corrected chi connectivity index (χ2v) is 4.64. The van der Waals surface area contributed by atoms with Crippen LogP contribution >= 0.6 is 15.9 Å². The van der Waals surface area contributed by atoms with Gasteiger partial charge in [0.15, 0.2) is 0 Å². The zero-order chi connectivity index (χ0) is 13.0. The molecule has 4 nitrogen and oxygen atoms in total. The molecular formula is C13H11BrN2O2. The number of benzene rings is 1. The molecule has 1 unspecified atom stereocenters. The first-order valence-corrected chi connectivity index (χ1v) is 6.21. The van der Waals surface area contributed by atoms with Gasteiger partial charge in [0.05, 0.1) is 5.92 Å². The van der Waals surface area contributed by atoms with Crippen molar-refractivity contribution in [1.29, 1.82) is 0 Å².